The highest BCUT2D eigenvalue weighted by Crippen LogP contribution is 2.12. The van der Waals surface area contributed by atoms with Gasteiger partial charge in [0.2, 0.25) is 0 Å². The van der Waals surface area contributed by atoms with Crippen molar-refractivity contribution in [1.82, 2.24) is 5.32 Å². The zero-order valence-electron chi connectivity index (χ0n) is 15.0. The van der Waals surface area contributed by atoms with Crippen molar-refractivity contribution in [1.29, 1.82) is 0 Å². The van der Waals surface area contributed by atoms with E-state index in [1.165, 1.54) is 5.56 Å². The number of carbonyl (C=O) groups is 1. The number of carbonyl (C=O) groups excluding carboxylic acids is 1. The van der Waals surface area contributed by atoms with Gasteiger partial charge in [0, 0.05) is 5.56 Å². The summed E-state index contributed by atoms with van der Waals surface area (Å²) >= 11 is 0. The Morgan fingerprint density at radius 2 is 1.88 bits per heavy atom. The van der Waals surface area contributed by atoms with Gasteiger partial charge in [0.05, 0.1) is 13.1 Å². The van der Waals surface area contributed by atoms with E-state index < -0.39 is 0 Å². The largest absolute Gasteiger partial charge is 0.490 e. The first-order valence-corrected chi connectivity index (χ1v) is 8.56. The summed E-state index contributed by atoms with van der Waals surface area (Å²) in [6.07, 6.45) is 1.72. The first-order valence-electron chi connectivity index (χ1n) is 8.56. The van der Waals surface area contributed by atoms with Crippen molar-refractivity contribution < 1.29 is 14.4 Å². The summed E-state index contributed by atoms with van der Waals surface area (Å²) < 4.78 is 5.48. The summed E-state index contributed by atoms with van der Waals surface area (Å²) in [5.74, 6) is 0.885. The smallest absolute Gasteiger partial charge is 0.275 e. The van der Waals surface area contributed by atoms with E-state index in [1.807, 2.05) is 68.6 Å². The van der Waals surface area contributed by atoms with Gasteiger partial charge in [0.15, 0.2) is 6.54 Å². The number of hydrogen-bond acceptors (Lipinski definition) is 2. The Morgan fingerprint density at radius 1 is 1.20 bits per heavy atom. The molecule has 1 unspecified atom stereocenters. The average Bonchev–Trinajstić information content (AvgIpc) is 2.61. The van der Waals surface area contributed by atoms with Crippen LogP contribution in [-0.4, -0.2) is 26.1 Å². The maximum Gasteiger partial charge on any atom is 0.275 e. The molecule has 0 radical (unpaired) electrons. The molecule has 2 atom stereocenters. The third-order valence-corrected chi connectivity index (χ3v) is 3.94. The fourth-order valence-corrected chi connectivity index (χ4v) is 2.66. The maximum atomic E-state index is 12.2. The van der Waals surface area contributed by atoms with E-state index in [1.54, 1.807) is 6.08 Å². The summed E-state index contributed by atoms with van der Waals surface area (Å²) in [5.41, 5.74) is 2.29. The Hall–Kier alpha value is -2.59. The number of hydrogen-bond donors (Lipinski definition) is 2. The zero-order chi connectivity index (χ0) is 18.1. The Morgan fingerprint density at radius 3 is 2.52 bits per heavy atom. The van der Waals surface area contributed by atoms with Crippen molar-refractivity contribution in [3.8, 4) is 5.75 Å². The van der Waals surface area contributed by atoms with Crippen molar-refractivity contribution in [3.05, 3.63) is 78.4 Å². The Balaban J connectivity index is 1.80. The molecule has 2 aromatic carbocycles. The number of rotatable bonds is 9. The molecule has 4 heteroatoms. The van der Waals surface area contributed by atoms with E-state index in [0.717, 1.165) is 22.8 Å². The van der Waals surface area contributed by atoms with Crippen LogP contribution in [-0.2, 0) is 11.3 Å². The minimum absolute atomic E-state index is 0.0165. The lowest BCUT2D eigenvalue weighted by Crippen LogP contribution is -3.08. The topological polar surface area (TPSA) is 42.8 Å². The van der Waals surface area contributed by atoms with Gasteiger partial charge >= 0.3 is 0 Å². The Bertz CT molecular complexity index is 668. The van der Waals surface area contributed by atoms with Crippen LogP contribution < -0.4 is 15.0 Å². The van der Waals surface area contributed by atoms with Gasteiger partial charge < -0.3 is 15.0 Å². The van der Waals surface area contributed by atoms with Crippen LogP contribution in [0, 0.1) is 0 Å². The van der Waals surface area contributed by atoms with Crippen LogP contribution in [0.25, 0.3) is 0 Å². The fraction of sp³-hybridized carbons (Fsp3) is 0.286. The zero-order valence-corrected chi connectivity index (χ0v) is 15.0. The van der Waals surface area contributed by atoms with E-state index in [2.05, 4.69) is 11.9 Å². The summed E-state index contributed by atoms with van der Waals surface area (Å²) in [5, 5.41) is 3.06. The number of likely N-dealkylation sites (N-methyl/N-ethyl adjacent to an activating group) is 1. The maximum absolute atomic E-state index is 12.2. The minimum atomic E-state index is 0.0165. The second-order valence-electron chi connectivity index (χ2n) is 6.25. The van der Waals surface area contributed by atoms with Crippen LogP contribution >= 0.6 is 0 Å². The predicted octanol–water partition coefficient (Wildman–Crippen LogP) is 2.14. The lowest BCUT2D eigenvalue weighted by atomic mass is 10.1. The monoisotopic (exact) mass is 339 g/mol. The van der Waals surface area contributed by atoms with E-state index in [9.17, 15) is 4.79 Å². The van der Waals surface area contributed by atoms with Crippen molar-refractivity contribution in [2.45, 2.75) is 19.5 Å². The molecule has 0 aromatic heterocycles. The molecule has 25 heavy (non-hydrogen) atoms. The highest BCUT2D eigenvalue weighted by atomic mass is 16.5. The molecular weight excluding hydrogens is 312 g/mol. The number of quaternary nitrogens is 1. The molecule has 1 amide bonds. The first-order chi connectivity index (χ1) is 12.1. The Kier molecular flexibility index (Phi) is 7.23. The van der Waals surface area contributed by atoms with Gasteiger partial charge in [-0.25, -0.2) is 0 Å². The van der Waals surface area contributed by atoms with Gasteiger partial charge in [-0.1, -0.05) is 43.0 Å². The van der Waals surface area contributed by atoms with Crippen LogP contribution in [0.5, 0.6) is 5.75 Å². The molecule has 0 aliphatic heterocycles. The normalized spacial score (nSPS) is 12.9. The number of ether oxygens (including phenoxy) is 1. The quantitative estimate of drug-likeness (QED) is 0.688. The molecule has 0 aliphatic rings. The van der Waals surface area contributed by atoms with Crippen LogP contribution in [0.2, 0.25) is 0 Å². The first kappa shape index (κ1) is 18.7. The standard InChI is InChI=1S/C21H26N2O2/c1-4-14-25-20-12-10-18(11-13-20)15-23(3)16-21(24)22-17(2)19-8-6-5-7-9-19/h4-13,17H,1,14-16H2,2-3H3,(H,22,24)/p+1/t17-/m1/s1. The van der Waals surface area contributed by atoms with E-state index in [4.69, 9.17) is 4.74 Å². The molecule has 0 aliphatic carbocycles. The molecule has 2 aromatic rings. The summed E-state index contributed by atoms with van der Waals surface area (Å²) in [7, 11) is 2.02. The van der Waals surface area contributed by atoms with Gasteiger partial charge in [-0.3, -0.25) is 4.79 Å². The molecule has 0 saturated heterocycles. The SMILES string of the molecule is C=CCOc1ccc(C[NH+](C)CC(=O)N[C@H](C)c2ccccc2)cc1. The molecular formula is C21H27N2O2+. The average molecular weight is 339 g/mol. The van der Waals surface area contributed by atoms with Crippen molar-refractivity contribution in [2.75, 3.05) is 20.2 Å². The highest BCUT2D eigenvalue weighted by molar-refractivity contribution is 5.77. The Labute approximate surface area is 150 Å². The van der Waals surface area contributed by atoms with Gasteiger partial charge in [-0.05, 0) is 36.8 Å². The molecule has 0 spiro atoms. The van der Waals surface area contributed by atoms with Crippen LogP contribution in [0.3, 0.4) is 0 Å². The second kappa shape index (κ2) is 9.64. The summed E-state index contributed by atoms with van der Waals surface area (Å²) in [6.45, 7) is 7.37. The molecule has 2 rings (SSSR count). The lowest BCUT2D eigenvalue weighted by molar-refractivity contribution is -0.885. The summed E-state index contributed by atoms with van der Waals surface area (Å²) in [4.78, 5) is 13.4. The van der Waals surface area contributed by atoms with Crippen molar-refractivity contribution in [3.63, 3.8) is 0 Å². The van der Waals surface area contributed by atoms with E-state index >= 15 is 0 Å². The van der Waals surface area contributed by atoms with Crippen molar-refractivity contribution >= 4 is 5.91 Å². The van der Waals surface area contributed by atoms with Crippen LogP contribution in [0.1, 0.15) is 24.1 Å². The van der Waals surface area contributed by atoms with Crippen LogP contribution in [0.15, 0.2) is 67.3 Å². The molecule has 0 heterocycles. The minimum Gasteiger partial charge on any atom is -0.490 e. The molecule has 132 valence electrons. The molecule has 0 fully saturated rings. The lowest BCUT2D eigenvalue weighted by Gasteiger charge is -2.17. The third kappa shape index (κ3) is 6.43. The van der Waals surface area contributed by atoms with Gasteiger partial charge in [0.1, 0.15) is 18.9 Å². The predicted molar refractivity (Wildman–Crippen MR) is 101 cm³/mol. The number of amides is 1. The number of nitrogens with one attached hydrogen (secondary N) is 2. The van der Waals surface area contributed by atoms with Gasteiger partial charge in [-0.15, -0.1) is 0 Å². The van der Waals surface area contributed by atoms with Crippen molar-refractivity contribution in [2.24, 2.45) is 0 Å². The molecule has 2 N–H and O–H groups in total. The second-order valence-corrected chi connectivity index (χ2v) is 6.25. The van der Waals surface area contributed by atoms with Crippen LogP contribution in [0.4, 0.5) is 0 Å². The van der Waals surface area contributed by atoms with E-state index in [-0.39, 0.29) is 11.9 Å². The molecule has 4 nitrogen and oxygen atoms in total. The number of benzene rings is 2. The fourth-order valence-electron chi connectivity index (χ4n) is 2.66. The third-order valence-electron chi connectivity index (χ3n) is 3.94. The molecule has 0 bridgehead atoms. The molecule has 0 saturated carbocycles. The summed E-state index contributed by atoms with van der Waals surface area (Å²) in [6, 6.07) is 18.0. The highest BCUT2D eigenvalue weighted by Gasteiger charge is 2.14. The van der Waals surface area contributed by atoms with Gasteiger partial charge in [-0.2, -0.15) is 0 Å². The van der Waals surface area contributed by atoms with Gasteiger partial charge in [0.25, 0.3) is 5.91 Å². The van der Waals surface area contributed by atoms with E-state index in [0.29, 0.717) is 13.2 Å².